The lowest BCUT2D eigenvalue weighted by Crippen LogP contribution is -2.18. The van der Waals surface area contributed by atoms with Crippen LogP contribution in [0.4, 0.5) is 17.1 Å². The number of benzene rings is 9. The van der Waals surface area contributed by atoms with E-state index in [9.17, 15) is 0 Å². The molecule has 9 aromatic carbocycles. The molecule has 296 valence electrons. The third kappa shape index (κ3) is 5.49. The molecule has 1 heterocycles. The summed E-state index contributed by atoms with van der Waals surface area (Å²) in [6, 6.07) is 73.5. The normalized spacial score (nSPS) is 14.1. The maximum Gasteiger partial charge on any atom is 0.143 e. The molecule has 62 heavy (non-hydrogen) atoms. The molecular formula is C60H45NO. The molecule has 0 bridgehead atoms. The second-order valence-corrected chi connectivity index (χ2v) is 18.1. The van der Waals surface area contributed by atoms with Gasteiger partial charge in [0.05, 0.1) is 0 Å². The van der Waals surface area contributed by atoms with Crippen molar-refractivity contribution in [1.29, 1.82) is 0 Å². The number of fused-ring (bicyclic) bond motifs is 9. The van der Waals surface area contributed by atoms with Crippen LogP contribution in [-0.4, -0.2) is 0 Å². The Bertz CT molecular complexity index is 3240. The van der Waals surface area contributed by atoms with Crippen LogP contribution < -0.4 is 4.90 Å². The van der Waals surface area contributed by atoms with Crippen LogP contribution in [0.15, 0.2) is 205 Å². The summed E-state index contributed by atoms with van der Waals surface area (Å²) < 4.78 is 6.49. The summed E-state index contributed by atoms with van der Waals surface area (Å²) in [6.07, 6.45) is 0. The monoisotopic (exact) mass is 795 g/mol. The van der Waals surface area contributed by atoms with E-state index in [1.807, 2.05) is 6.07 Å². The molecule has 2 aliphatic carbocycles. The maximum absolute atomic E-state index is 6.49. The van der Waals surface area contributed by atoms with Crippen LogP contribution in [0.2, 0.25) is 0 Å². The Kier molecular flexibility index (Phi) is 7.96. The molecule has 0 radical (unpaired) electrons. The molecule has 2 aliphatic rings. The van der Waals surface area contributed by atoms with Gasteiger partial charge in [-0.15, -0.1) is 0 Å². The van der Waals surface area contributed by atoms with Crippen molar-refractivity contribution < 1.29 is 4.42 Å². The lowest BCUT2D eigenvalue weighted by Gasteiger charge is -2.30. The van der Waals surface area contributed by atoms with Crippen LogP contribution in [0, 0.1) is 0 Å². The van der Waals surface area contributed by atoms with E-state index in [0.717, 1.165) is 50.1 Å². The van der Waals surface area contributed by atoms with E-state index in [0.29, 0.717) is 0 Å². The van der Waals surface area contributed by atoms with Crippen LogP contribution in [0.3, 0.4) is 0 Å². The van der Waals surface area contributed by atoms with Crippen LogP contribution >= 0.6 is 0 Å². The Morgan fingerprint density at radius 2 is 0.758 bits per heavy atom. The molecule has 1 aromatic heterocycles. The van der Waals surface area contributed by atoms with Gasteiger partial charge in [-0.2, -0.15) is 0 Å². The van der Waals surface area contributed by atoms with Gasteiger partial charge in [-0.1, -0.05) is 173 Å². The van der Waals surface area contributed by atoms with Gasteiger partial charge >= 0.3 is 0 Å². The van der Waals surface area contributed by atoms with Gasteiger partial charge in [0.2, 0.25) is 0 Å². The molecule has 0 spiro atoms. The predicted octanol–water partition coefficient (Wildman–Crippen LogP) is 16.7. The average Bonchev–Trinajstić information content (AvgIpc) is 3.89. The highest BCUT2D eigenvalue weighted by atomic mass is 16.3. The molecule has 0 saturated carbocycles. The number of para-hydroxylation sites is 2. The second kappa shape index (κ2) is 13.5. The largest absolute Gasteiger partial charge is 0.455 e. The van der Waals surface area contributed by atoms with Crippen molar-refractivity contribution >= 4 is 39.0 Å². The van der Waals surface area contributed by atoms with Crippen LogP contribution in [0.25, 0.3) is 77.6 Å². The van der Waals surface area contributed by atoms with Crippen LogP contribution in [0.5, 0.6) is 0 Å². The van der Waals surface area contributed by atoms with Crippen molar-refractivity contribution in [3.63, 3.8) is 0 Å². The van der Waals surface area contributed by atoms with Crippen molar-refractivity contribution in [2.24, 2.45) is 0 Å². The molecule has 0 fully saturated rings. The molecule has 0 amide bonds. The Morgan fingerprint density at radius 3 is 1.31 bits per heavy atom. The van der Waals surface area contributed by atoms with E-state index in [4.69, 9.17) is 4.42 Å². The molecule has 10 aromatic rings. The molecule has 0 saturated heterocycles. The minimum atomic E-state index is -0.190. The van der Waals surface area contributed by atoms with Gasteiger partial charge in [0, 0.05) is 44.2 Å². The third-order valence-corrected chi connectivity index (χ3v) is 13.9. The second-order valence-electron chi connectivity index (χ2n) is 18.1. The Balaban J connectivity index is 0.988. The van der Waals surface area contributed by atoms with Crippen molar-refractivity contribution in [3.8, 4) is 55.6 Å². The molecule has 0 aliphatic heterocycles. The van der Waals surface area contributed by atoms with Gasteiger partial charge < -0.3 is 9.32 Å². The Morgan fingerprint density at radius 1 is 0.323 bits per heavy atom. The minimum absolute atomic E-state index is 0.190. The van der Waals surface area contributed by atoms with Gasteiger partial charge in [0.15, 0.2) is 0 Å². The highest BCUT2D eigenvalue weighted by Crippen LogP contribution is 2.54. The lowest BCUT2D eigenvalue weighted by atomic mass is 9.81. The molecule has 0 atom stereocenters. The topological polar surface area (TPSA) is 16.4 Å². The molecular weight excluding hydrogens is 751 g/mol. The van der Waals surface area contributed by atoms with Crippen molar-refractivity contribution in [3.05, 3.63) is 222 Å². The molecule has 2 nitrogen and oxygen atoms in total. The van der Waals surface area contributed by atoms with E-state index in [-0.39, 0.29) is 10.8 Å². The van der Waals surface area contributed by atoms with Crippen molar-refractivity contribution in [2.45, 2.75) is 38.5 Å². The van der Waals surface area contributed by atoms with Crippen molar-refractivity contribution in [2.75, 3.05) is 4.90 Å². The van der Waals surface area contributed by atoms with E-state index in [1.165, 1.54) is 66.8 Å². The number of furan rings is 1. The molecule has 0 N–H and O–H groups in total. The summed E-state index contributed by atoms with van der Waals surface area (Å²) in [5, 5.41) is 2.28. The van der Waals surface area contributed by atoms with Gasteiger partial charge in [-0.05, 0) is 127 Å². The zero-order valence-electron chi connectivity index (χ0n) is 35.4. The lowest BCUT2D eigenvalue weighted by molar-refractivity contribution is 0.660. The molecule has 12 rings (SSSR count). The minimum Gasteiger partial charge on any atom is -0.455 e. The first-order chi connectivity index (χ1) is 30.2. The zero-order valence-corrected chi connectivity index (χ0v) is 35.4. The Labute approximate surface area is 363 Å². The summed E-state index contributed by atoms with van der Waals surface area (Å²) in [4.78, 5) is 2.45. The van der Waals surface area contributed by atoms with Crippen molar-refractivity contribution in [1.82, 2.24) is 0 Å². The van der Waals surface area contributed by atoms with Crippen LogP contribution in [0.1, 0.15) is 49.9 Å². The zero-order chi connectivity index (χ0) is 41.7. The highest BCUT2D eigenvalue weighted by molar-refractivity contribution is 6.09. The van der Waals surface area contributed by atoms with Gasteiger partial charge in [0.25, 0.3) is 0 Å². The predicted molar refractivity (Wildman–Crippen MR) is 260 cm³/mol. The number of anilines is 3. The number of rotatable bonds is 6. The fraction of sp³-hybridized carbons (Fsp3) is 0.100. The van der Waals surface area contributed by atoms with Gasteiger partial charge in [0.1, 0.15) is 11.2 Å². The standard InChI is InChI=1S/C60H45NO/c1-59(2)53-34-41(38-14-7-5-8-15-38)24-30-47(53)49-32-28-44(36-55(49)59)61(43-26-22-40(23-27-43)46-19-13-20-52-51-18-11-12-21-57(51)62-58(46)52)45-29-33-50-48-31-25-42(39-16-9-6-10-17-39)35-54(48)60(3,4)56(50)37-45/h5-37H,1-4H3. The fourth-order valence-corrected chi connectivity index (χ4v) is 10.6. The summed E-state index contributed by atoms with van der Waals surface area (Å²) in [7, 11) is 0. The van der Waals surface area contributed by atoms with Crippen LogP contribution in [-0.2, 0) is 10.8 Å². The quantitative estimate of drug-likeness (QED) is 0.167. The van der Waals surface area contributed by atoms with E-state index in [1.54, 1.807) is 0 Å². The molecule has 2 heteroatoms. The Hall–Kier alpha value is -7.42. The summed E-state index contributed by atoms with van der Waals surface area (Å²) in [5.74, 6) is 0. The SMILES string of the molecule is CC1(C)c2cc(-c3ccccc3)ccc2-c2ccc(N(c3ccc(-c4cccc5c4oc4ccccc45)cc3)c3ccc4c(c3)C(C)(C)c3cc(-c5ccccc5)ccc3-4)cc21. The summed E-state index contributed by atoms with van der Waals surface area (Å²) in [6.45, 7) is 9.53. The third-order valence-electron chi connectivity index (χ3n) is 13.9. The average molecular weight is 796 g/mol. The number of nitrogens with zero attached hydrogens (tertiary/aromatic N) is 1. The van der Waals surface area contributed by atoms with E-state index < -0.39 is 0 Å². The fourth-order valence-electron chi connectivity index (χ4n) is 10.6. The number of hydrogen-bond donors (Lipinski definition) is 0. The first-order valence-corrected chi connectivity index (χ1v) is 21.7. The van der Waals surface area contributed by atoms with Gasteiger partial charge in [-0.3, -0.25) is 0 Å². The maximum atomic E-state index is 6.49. The first kappa shape index (κ1) is 36.4. The summed E-state index contributed by atoms with van der Waals surface area (Å²) in [5.41, 5.74) is 22.7. The summed E-state index contributed by atoms with van der Waals surface area (Å²) >= 11 is 0. The highest BCUT2D eigenvalue weighted by Gasteiger charge is 2.38. The molecule has 0 unspecified atom stereocenters. The number of hydrogen-bond acceptors (Lipinski definition) is 2. The van der Waals surface area contributed by atoms with Gasteiger partial charge in [-0.25, -0.2) is 0 Å². The van der Waals surface area contributed by atoms with E-state index >= 15 is 0 Å². The smallest absolute Gasteiger partial charge is 0.143 e. The van der Waals surface area contributed by atoms with E-state index in [2.05, 4.69) is 227 Å². The first-order valence-electron chi connectivity index (χ1n) is 21.7.